The molecule has 3 rings (SSSR count). The number of ether oxygens (including phenoxy) is 1. The van der Waals surface area contributed by atoms with Crippen molar-refractivity contribution in [3.63, 3.8) is 0 Å². The summed E-state index contributed by atoms with van der Waals surface area (Å²) >= 11 is 0. The van der Waals surface area contributed by atoms with Gasteiger partial charge in [-0.05, 0) is 31.4 Å². The molecule has 0 spiro atoms. The van der Waals surface area contributed by atoms with E-state index in [2.05, 4.69) is 10.0 Å². The predicted molar refractivity (Wildman–Crippen MR) is 124 cm³/mol. The summed E-state index contributed by atoms with van der Waals surface area (Å²) in [6, 6.07) is 11.8. The lowest BCUT2D eigenvalue weighted by Gasteiger charge is -2.30. The number of nitro groups is 1. The number of nitro benzene ring substituents is 1. The molecule has 11 nitrogen and oxygen atoms in total. The van der Waals surface area contributed by atoms with E-state index in [0.29, 0.717) is 18.7 Å². The molecule has 2 aromatic rings. The number of piperidine rings is 1. The van der Waals surface area contributed by atoms with Gasteiger partial charge < -0.3 is 15.0 Å². The Morgan fingerprint density at radius 2 is 1.79 bits per heavy atom. The highest BCUT2D eigenvalue weighted by Gasteiger charge is 2.31. The number of hydrogen-bond donors (Lipinski definition) is 2. The monoisotopic (exact) mass is 490 g/mol. The number of nitrogens with one attached hydrogen (secondary N) is 2. The number of benzene rings is 2. The molecule has 0 bridgehead atoms. The standard InChI is InChI=1S/C22H26N4O7S/c1-23-18-11-10-17(14-19(18)26(29)30)34(31,32)24-15-20(27)33-21(16-8-4-2-5-9-16)22(28)25-12-6-3-7-13-25/h2,4-5,8-11,14,21,23-24H,3,6-7,12-13,15H2,1H3. The summed E-state index contributed by atoms with van der Waals surface area (Å²) in [5.74, 6) is -1.32. The van der Waals surface area contributed by atoms with E-state index in [1.165, 1.54) is 19.2 Å². The van der Waals surface area contributed by atoms with Gasteiger partial charge in [0.1, 0.15) is 12.2 Å². The molecular formula is C22H26N4O7S. The Balaban J connectivity index is 1.72. The topological polar surface area (TPSA) is 148 Å². The van der Waals surface area contributed by atoms with E-state index in [-0.39, 0.29) is 16.5 Å². The van der Waals surface area contributed by atoms with E-state index >= 15 is 0 Å². The molecule has 2 N–H and O–H groups in total. The average Bonchev–Trinajstić information content (AvgIpc) is 2.86. The molecular weight excluding hydrogens is 464 g/mol. The summed E-state index contributed by atoms with van der Waals surface area (Å²) in [4.78, 5) is 37.4. The van der Waals surface area contributed by atoms with Crippen LogP contribution in [0.3, 0.4) is 0 Å². The van der Waals surface area contributed by atoms with Crippen LogP contribution >= 0.6 is 0 Å². The molecule has 1 atom stereocenters. The van der Waals surface area contributed by atoms with Crippen LogP contribution in [0.25, 0.3) is 0 Å². The van der Waals surface area contributed by atoms with Crippen molar-refractivity contribution in [2.75, 3.05) is 32.0 Å². The van der Waals surface area contributed by atoms with Gasteiger partial charge in [-0.15, -0.1) is 0 Å². The van der Waals surface area contributed by atoms with E-state index in [1.807, 2.05) is 0 Å². The summed E-state index contributed by atoms with van der Waals surface area (Å²) < 4.78 is 32.7. The quantitative estimate of drug-likeness (QED) is 0.309. The summed E-state index contributed by atoms with van der Waals surface area (Å²) in [5, 5.41) is 13.8. The molecule has 1 saturated heterocycles. The van der Waals surface area contributed by atoms with Crippen LogP contribution in [0.15, 0.2) is 53.4 Å². The first-order chi connectivity index (χ1) is 16.2. The Kier molecular flexibility index (Phi) is 8.18. The number of carbonyl (C=O) groups is 2. The minimum atomic E-state index is -4.26. The molecule has 182 valence electrons. The van der Waals surface area contributed by atoms with Gasteiger partial charge in [0.25, 0.3) is 11.6 Å². The predicted octanol–water partition coefficient (Wildman–Crippen LogP) is 2.21. The van der Waals surface area contributed by atoms with Crippen LogP contribution in [-0.2, 0) is 24.3 Å². The Bertz CT molecular complexity index is 1150. The number of rotatable bonds is 9. The fourth-order valence-corrected chi connectivity index (χ4v) is 4.61. The first-order valence-corrected chi connectivity index (χ1v) is 12.2. The summed E-state index contributed by atoms with van der Waals surface area (Å²) in [6.07, 6.45) is 1.54. The van der Waals surface area contributed by atoms with Crippen molar-refractivity contribution < 1.29 is 27.7 Å². The number of anilines is 1. The Morgan fingerprint density at radius 1 is 1.12 bits per heavy atom. The molecule has 1 unspecified atom stereocenters. The van der Waals surface area contributed by atoms with Crippen molar-refractivity contribution in [2.45, 2.75) is 30.3 Å². The van der Waals surface area contributed by atoms with Gasteiger partial charge in [-0.3, -0.25) is 19.7 Å². The summed E-state index contributed by atoms with van der Waals surface area (Å²) in [6.45, 7) is 0.377. The number of carbonyl (C=O) groups excluding carboxylic acids is 2. The van der Waals surface area contributed by atoms with Crippen molar-refractivity contribution in [3.8, 4) is 0 Å². The molecule has 1 heterocycles. The van der Waals surface area contributed by atoms with Crippen molar-refractivity contribution in [3.05, 3.63) is 64.2 Å². The van der Waals surface area contributed by atoms with E-state index < -0.39 is 39.3 Å². The second-order valence-corrected chi connectivity index (χ2v) is 9.44. The lowest BCUT2D eigenvalue weighted by Crippen LogP contribution is -2.41. The van der Waals surface area contributed by atoms with E-state index in [4.69, 9.17) is 4.74 Å². The zero-order valence-corrected chi connectivity index (χ0v) is 19.4. The van der Waals surface area contributed by atoms with Crippen LogP contribution in [0.1, 0.15) is 30.9 Å². The largest absolute Gasteiger partial charge is 0.446 e. The van der Waals surface area contributed by atoms with Gasteiger partial charge in [0.05, 0.1) is 9.82 Å². The molecule has 0 aromatic heterocycles. The third kappa shape index (κ3) is 6.08. The third-order valence-electron chi connectivity index (χ3n) is 5.40. The highest BCUT2D eigenvalue weighted by Crippen LogP contribution is 2.27. The van der Waals surface area contributed by atoms with Crippen LogP contribution in [0.4, 0.5) is 11.4 Å². The lowest BCUT2D eigenvalue weighted by atomic mass is 10.1. The van der Waals surface area contributed by atoms with Crippen LogP contribution in [0.2, 0.25) is 0 Å². The fourth-order valence-electron chi connectivity index (χ4n) is 3.62. The van der Waals surface area contributed by atoms with Crippen molar-refractivity contribution >= 4 is 33.3 Å². The zero-order valence-electron chi connectivity index (χ0n) is 18.6. The molecule has 1 fully saturated rings. The van der Waals surface area contributed by atoms with Gasteiger partial charge in [-0.25, -0.2) is 8.42 Å². The van der Waals surface area contributed by atoms with Gasteiger partial charge in [0.2, 0.25) is 16.1 Å². The molecule has 0 aliphatic carbocycles. The second-order valence-electron chi connectivity index (χ2n) is 7.68. The lowest BCUT2D eigenvalue weighted by molar-refractivity contribution is -0.384. The zero-order chi connectivity index (χ0) is 24.7. The molecule has 0 saturated carbocycles. The van der Waals surface area contributed by atoms with Crippen molar-refractivity contribution in [1.29, 1.82) is 0 Å². The number of hydrogen-bond acceptors (Lipinski definition) is 8. The van der Waals surface area contributed by atoms with Crippen LogP contribution in [0, 0.1) is 10.1 Å². The maximum atomic E-state index is 13.1. The average molecular weight is 491 g/mol. The SMILES string of the molecule is CNc1ccc(S(=O)(=O)NCC(=O)OC(C(=O)N2CCCCC2)c2ccccc2)cc1[N+](=O)[O-]. The summed E-state index contributed by atoms with van der Waals surface area (Å²) in [7, 11) is -2.78. The maximum absolute atomic E-state index is 13.1. The Morgan fingerprint density at radius 3 is 2.41 bits per heavy atom. The van der Waals surface area contributed by atoms with E-state index in [1.54, 1.807) is 35.2 Å². The number of nitrogens with zero attached hydrogens (tertiary/aromatic N) is 2. The number of likely N-dealkylation sites (tertiary alicyclic amines) is 1. The smallest absolute Gasteiger partial charge is 0.322 e. The number of sulfonamides is 1. The van der Waals surface area contributed by atoms with Crippen LogP contribution < -0.4 is 10.0 Å². The first kappa shape index (κ1) is 25.1. The Labute approximate surface area is 197 Å². The number of esters is 1. The first-order valence-electron chi connectivity index (χ1n) is 10.7. The highest BCUT2D eigenvalue weighted by atomic mass is 32.2. The normalized spacial score (nSPS) is 14.8. The molecule has 34 heavy (non-hydrogen) atoms. The molecule has 1 aliphatic rings. The molecule has 1 aliphatic heterocycles. The maximum Gasteiger partial charge on any atom is 0.322 e. The van der Waals surface area contributed by atoms with Gasteiger partial charge in [0, 0.05) is 31.8 Å². The second kappa shape index (κ2) is 11.1. The van der Waals surface area contributed by atoms with Crippen LogP contribution in [-0.4, -0.2) is 56.8 Å². The van der Waals surface area contributed by atoms with Crippen molar-refractivity contribution in [2.24, 2.45) is 0 Å². The van der Waals surface area contributed by atoms with E-state index in [9.17, 15) is 28.1 Å². The van der Waals surface area contributed by atoms with Gasteiger partial charge >= 0.3 is 5.97 Å². The molecule has 0 radical (unpaired) electrons. The van der Waals surface area contributed by atoms with Crippen LogP contribution in [0.5, 0.6) is 0 Å². The Hall–Kier alpha value is -3.51. The molecule has 12 heteroatoms. The van der Waals surface area contributed by atoms with Crippen molar-refractivity contribution in [1.82, 2.24) is 9.62 Å². The number of amides is 1. The van der Waals surface area contributed by atoms with Gasteiger partial charge in [-0.1, -0.05) is 30.3 Å². The summed E-state index contributed by atoms with van der Waals surface area (Å²) in [5.41, 5.74) is 0.196. The molecule has 2 aromatic carbocycles. The van der Waals surface area contributed by atoms with Gasteiger partial charge in [0.15, 0.2) is 0 Å². The minimum absolute atomic E-state index is 0.144. The minimum Gasteiger partial charge on any atom is -0.446 e. The third-order valence-corrected chi connectivity index (χ3v) is 6.79. The fraction of sp³-hybridized carbons (Fsp3) is 0.364. The molecule has 1 amide bonds. The van der Waals surface area contributed by atoms with E-state index in [0.717, 1.165) is 25.3 Å². The highest BCUT2D eigenvalue weighted by molar-refractivity contribution is 7.89. The van der Waals surface area contributed by atoms with Gasteiger partial charge in [-0.2, -0.15) is 4.72 Å².